The number of fused-ring (bicyclic) bond motifs is 1. The van der Waals surface area contributed by atoms with Crippen LogP contribution in [0.15, 0.2) is 48.8 Å². The summed E-state index contributed by atoms with van der Waals surface area (Å²) < 4.78 is 0. The number of aromatic amines is 1. The van der Waals surface area contributed by atoms with Gasteiger partial charge < -0.3 is 10.3 Å². The lowest BCUT2D eigenvalue weighted by Crippen LogP contribution is -2.30. The molecule has 3 aromatic rings. The van der Waals surface area contributed by atoms with Crippen molar-refractivity contribution in [2.75, 3.05) is 0 Å². The third kappa shape index (κ3) is 3.56. The van der Waals surface area contributed by atoms with Crippen molar-refractivity contribution in [3.05, 3.63) is 60.2 Å². The molecule has 1 atom stereocenters. The highest BCUT2D eigenvalue weighted by Crippen LogP contribution is 2.22. The number of aromatic nitrogens is 3. The van der Waals surface area contributed by atoms with Gasteiger partial charge in [0, 0.05) is 12.4 Å². The van der Waals surface area contributed by atoms with Crippen molar-refractivity contribution in [1.29, 1.82) is 0 Å². The number of H-pyrrole nitrogens is 1. The first-order chi connectivity index (χ1) is 11.1. The van der Waals surface area contributed by atoms with Crippen molar-refractivity contribution in [2.24, 2.45) is 5.92 Å². The molecule has 0 aliphatic heterocycles. The van der Waals surface area contributed by atoms with Crippen molar-refractivity contribution in [2.45, 2.75) is 26.3 Å². The molecule has 5 heteroatoms. The Labute approximate surface area is 135 Å². The average molecular weight is 308 g/mol. The number of benzene rings is 1. The molecule has 5 nitrogen and oxygen atoms in total. The van der Waals surface area contributed by atoms with Crippen LogP contribution in [-0.4, -0.2) is 20.9 Å². The molecule has 0 bridgehead atoms. The third-order valence-corrected chi connectivity index (χ3v) is 3.67. The summed E-state index contributed by atoms with van der Waals surface area (Å²) in [6.07, 6.45) is 4.04. The minimum Gasteiger partial charge on any atom is -0.342 e. The van der Waals surface area contributed by atoms with E-state index in [9.17, 15) is 4.79 Å². The molecule has 0 saturated heterocycles. The van der Waals surface area contributed by atoms with Crippen molar-refractivity contribution in [3.63, 3.8) is 0 Å². The highest BCUT2D eigenvalue weighted by Gasteiger charge is 2.20. The van der Waals surface area contributed by atoms with Gasteiger partial charge in [-0.15, -0.1) is 0 Å². The molecule has 3 rings (SSSR count). The minimum atomic E-state index is -0.157. The Kier molecular flexibility index (Phi) is 4.37. The van der Waals surface area contributed by atoms with Gasteiger partial charge in [0.25, 0.3) is 5.91 Å². The molecule has 1 unspecified atom stereocenters. The maximum Gasteiger partial charge on any atom is 0.253 e. The van der Waals surface area contributed by atoms with Gasteiger partial charge in [0.15, 0.2) is 0 Å². The largest absolute Gasteiger partial charge is 0.342 e. The zero-order valence-corrected chi connectivity index (χ0v) is 13.3. The lowest BCUT2D eigenvalue weighted by molar-refractivity contribution is 0.0929. The van der Waals surface area contributed by atoms with E-state index in [-0.39, 0.29) is 11.9 Å². The van der Waals surface area contributed by atoms with E-state index in [1.165, 1.54) is 0 Å². The Hall–Kier alpha value is -2.69. The standard InChI is InChI=1S/C18H20N4O/c1-12(2)10-16(22-18(23)13-6-5-9-19-11-13)17-20-14-7-3-4-8-15(14)21-17/h3-9,11-12,16H,10H2,1-2H3,(H,20,21)(H,22,23). The van der Waals surface area contributed by atoms with Gasteiger partial charge in [-0.2, -0.15) is 0 Å². The number of imidazole rings is 1. The topological polar surface area (TPSA) is 70.7 Å². The highest BCUT2D eigenvalue weighted by atomic mass is 16.1. The zero-order chi connectivity index (χ0) is 16.2. The molecule has 1 aromatic carbocycles. The molecule has 0 aliphatic carbocycles. The number of nitrogens with zero attached hydrogens (tertiary/aromatic N) is 2. The van der Waals surface area contributed by atoms with Crippen LogP contribution in [0.2, 0.25) is 0 Å². The molecule has 1 amide bonds. The Morgan fingerprint density at radius 2 is 2.04 bits per heavy atom. The van der Waals surface area contributed by atoms with Gasteiger partial charge in [0.1, 0.15) is 5.82 Å². The van der Waals surface area contributed by atoms with Gasteiger partial charge in [-0.1, -0.05) is 26.0 Å². The summed E-state index contributed by atoms with van der Waals surface area (Å²) >= 11 is 0. The van der Waals surface area contributed by atoms with Crippen molar-refractivity contribution in [3.8, 4) is 0 Å². The lowest BCUT2D eigenvalue weighted by atomic mass is 10.0. The first kappa shape index (κ1) is 15.2. The van der Waals surface area contributed by atoms with Gasteiger partial charge >= 0.3 is 0 Å². The maximum atomic E-state index is 12.4. The van der Waals surface area contributed by atoms with Crippen LogP contribution in [0.5, 0.6) is 0 Å². The van der Waals surface area contributed by atoms with Crippen LogP contribution in [0, 0.1) is 5.92 Å². The molecule has 118 valence electrons. The van der Waals surface area contributed by atoms with E-state index >= 15 is 0 Å². The van der Waals surface area contributed by atoms with Gasteiger partial charge in [0.2, 0.25) is 0 Å². The monoisotopic (exact) mass is 308 g/mol. The molecule has 2 N–H and O–H groups in total. The lowest BCUT2D eigenvalue weighted by Gasteiger charge is -2.18. The number of carbonyl (C=O) groups is 1. The summed E-state index contributed by atoms with van der Waals surface area (Å²) in [5.74, 6) is 1.09. The van der Waals surface area contributed by atoms with E-state index in [2.05, 4.69) is 34.1 Å². The highest BCUT2D eigenvalue weighted by molar-refractivity contribution is 5.94. The normalized spacial score (nSPS) is 12.5. The minimum absolute atomic E-state index is 0.135. The van der Waals surface area contributed by atoms with E-state index in [0.717, 1.165) is 23.3 Å². The maximum absolute atomic E-state index is 12.4. The molecule has 2 aromatic heterocycles. The summed E-state index contributed by atoms with van der Waals surface area (Å²) in [5, 5.41) is 3.07. The Morgan fingerprint density at radius 3 is 2.74 bits per heavy atom. The van der Waals surface area contributed by atoms with Gasteiger partial charge in [-0.25, -0.2) is 4.98 Å². The molecule has 0 aliphatic rings. The average Bonchev–Trinajstić information content (AvgIpc) is 2.98. The number of carbonyl (C=O) groups excluding carboxylic acids is 1. The molecule has 0 saturated carbocycles. The quantitative estimate of drug-likeness (QED) is 0.758. The fraction of sp³-hybridized carbons (Fsp3) is 0.278. The fourth-order valence-corrected chi connectivity index (χ4v) is 2.59. The van der Waals surface area contributed by atoms with E-state index in [1.807, 2.05) is 24.3 Å². The van der Waals surface area contributed by atoms with Crippen LogP contribution < -0.4 is 5.32 Å². The molecule has 0 fully saturated rings. The SMILES string of the molecule is CC(C)CC(NC(=O)c1cccnc1)c1nc2ccccc2[nH]1. The van der Waals surface area contributed by atoms with Gasteiger partial charge in [0.05, 0.1) is 22.6 Å². The Bertz CT molecular complexity index is 762. The summed E-state index contributed by atoms with van der Waals surface area (Å²) in [4.78, 5) is 24.4. The first-order valence-electron chi connectivity index (χ1n) is 7.79. The van der Waals surface area contributed by atoms with Crippen LogP contribution in [0.4, 0.5) is 0 Å². The molecular formula is C18H20N4O. The number of hydrogen-bond acceptors (Lipinski definition) is 3. The first-order valence-corrected chi connectivity index (χ1v) is 7.79. The smallest absolute Gasteiger partial charge is 0.253 e. The van der Waals surface area contributed by atoms with E-state index in [4.69, 9.17) is 0 Å². The molecule has 0 radical (unpaired) electrons. The van der Waals surface area contributed by atoms with E-state index in [1.54, 1.807) is 24.5 Å². The number of hydrogen-bond donors (Lipinski definition) is 2. The van der Waals surface area contributed by atoms with E-state index < -0.39 is 0 Å². The van der Waals surface area contributed by atoms with Gasteiger partial charge in [-0.05, 0) is 36.6 Å². The number of rotatable bonds is 5. The second-order valence-electron chi connectivity index (χ2n) is 6.04. The fourth-order valence-electron chi connectivity index (χ4n) is 2.59. The summed E-state index contributed by atoms with van der Waals surface area (Å²) in [6.45, 7) is 4.26. The van der Waals surface area contributed by atoms with Crippen LogP contribution in [-0.2, 0) is 0 Å². The van der Waals surface area contributed by atoms with Crippen LogP contribution >= 0.6 is 0 Å². The Morgan fingerprint density at radius 1 is 1.22 bits per heavy atom. The molecule has 23 heavy (non-hydrogen) atoms. The second-order valence-corrected chi connectivity index (χ2v) is 6.04. The van der Waals surface area contributed by atoms with Crippen molar-refractivity contribution >= 4 is 16.9 Å². The van der Waals surface area contributed by atoms with Crippen molar-refractivity contribution in [1.82, 2.24) is 20.3 Å². The van der Waals surface area contributed by atoms with Crippen LogP contribution in [0.1, 0.15) is 42.5 Å². The molecule has 0 spiro atoms. The van der Waals surface area contributed by atoms with Crippen molar-refractivity contribution < 1.29 is 4.79 Å². The molecular weight excluding hydrogens is 288 g/mol. The summed E-state index contributed by atoms with van der Waals surface area (Å²) in [6, 6.07) is 11.2. The number of para-hydroxylation sites is 2. The zero-order valence-electron chi connectivity index (χ0n) is 13.3. The number of amides is 1. The predicted molar refractivity (Wildman–Crippen MR) is 90.0 cm³/mol. The number of pyridine rings is 1. The van der Waals surface area contributed by atoms with Crippen LogP contribution in [0.3, 0.4) is 0 Å². The predicted octanol–water partition coefficient (Wildman–Crippen LogP) is 3.48. The molecule has 2 heterocycles. The van der Waals surface area contributed by atoms with Crippen LogP contribution in [0.25, 0.3) is 11.0 Å². The summed E-state index contributed by atoms with van der Waals surface area (Å²) in [5.41, 5.74) is 2.44. The Balaban J connectivity index is 1.87. The second kappa shape index (κ2) is 6.60. The third-order valence-electron chi connectivity index (χ3n) is 3.67. The van der Waals surface area contributed by atoms with Gasteiger partial charge in [-0.3, -0.25) is 9.78 Å². The number of nitrogens with one attached hydrogen (secondary N) is 2. The summed E-state index contributed by atoms with van der Waals surface area (Å²) in [7, 11) is 0. The van der Waals surface area contributed by atoms with E-state index in [0.29, 0.717) is 11.5 Å².